The lowest BCUT2D eigenvalue weighted by atomic mass is 10.2. The van der Waals surface area contributed by atoms with Crippen LogP contribution in [-0.2, 0) is 0 Å². The van der Waals surface area contributed by atoms with E-state index in [0.717, 1.165) is 10.6 Å². The van der Waals surface area contributed by atoms with Crippen molar-refractivity contribution in [2.45, 2.75) is 6.61 Å². The van der Waals surface area contributed by atoms with Crippen LogP contribution in [0.25, 0.3) is 16.3 Å². The molecule has 1 amide bonds. The highest BCUT2D eigenvalue weighted by atomic mass is 32.1. The molecule has 0 atom stereocenters. The Morgan fingerprint density at radius 3 is 2.58 bits per heavy atom. The van der Waals surface area contributed by atoms with Crippen LogP contribution in [0, 0.1) is 0 Å². The Morgan fingerprint density at radius 2 is 1.90 bits per heavy atom. The number of rotatable bonds is 7. The Bertz CT molecular complexity index is 1180. The average molecular weight is 441 g/mol. The minimum absolute atomic E-state index is 0.134. The summed E-state index contributed by atoms with van der Waals surface area (Å²) in [6.45, 7) is -3.02. The van der Waals surface area contributed by atoms with E-state index in [-0.39, 0.29) is 17.2 Å². The lowest BCUT2D eigenvalue weighted by Gasteiger charge is -2.12. The van der Waals surface area contributed by atoms with Crippen molar-refractivity contribution in [2.24, 2.45) is 0 Å². The van der Waals surface area contributed by atoms with Crippen LogP contribution < -0.4 is 14.8 Å². The number of para-hydroxylation sites is 1. The number of hydrogen-bond acceptors (Lipinski definition) is 5. The van der Waals surface area contributed by atoms with Crippen LogP contribution in [0.3, 0.4) is 0 Å². The van der Waals surface area contributed by atoms with Crippen LogP contribution in [0.15, 0.2) is 72.2 Å². The minimum Gasteiger partial charge on any atom is -0.493 e. The Morgan fingerprint density at radius 1 is 1.10 bits per heavy atom. The first-order chi connectivity index (χ1) is 15.0. The number of ether oxygens (including phenoxy) is 2. The number of carbonyl (C=O) groups excluding carboxylic acids is 1. The molecule has 2 aromatic heterocycles. The maximum atomic E-state index is 13.1. The zero-order chi connectivity index (χ0) is 21.8. The van der Waals surface area contributed by atoms with Crippen molar-refractivity contribution in [1.82, 2.24) is 9.78 Å². The van der Waals surface area contributed by atoms with E-state index in [1.807, 2.05) is 47.8 Å². The molecule has 158 valence electrons. The number of methoxy groups -OCH3 is 1. The zero-order valence-corrected chi connectivity index (χ0v) is 17.1. The maximum absolute atomic E-state index is 13.1. The summed E-state index contributed by atoms with van der Waals surface area (Å²) in [4.78, 5) is 13.9. The summed E-state index contributed by atoms with van der Waals surface area (Å²) >= 11 is 1.46. The van der Waals surface area contributed by atoms with Crippen molar-refractivity contribution in [3.05, 3.63) is 77.8 Å². The molecule has 0 aliphatic carbocycles. The normalized spacial score (nSPS) is 10.8. The van der Waals surface area contributed by atoms with Crippen molar-refractivity contribution in [3.63, 3.8) is 0 Å². The molecule has 0 radical (unpaired) electrons. The third-order valence-corrected chi connectivity index (χ3v) is 5.25. The van der Waals surface area contributed by atoms with E-state index >= 15 is 0 Å². The highest BCUT2D eigenvalue weighted by molar-refractivity contribution is 7.13. The van der Waals surface area contributed by atoms with E-state index in [4.69, 9.17) is 4.74 Å². The second kappa shape index (κ2) is 8.97. The van der Waals surface area contributed by atoms with Crippen molar-refractivity contribution in [2.75, 3.05) is 12.4 Å². The first-order valence-electron chi connectivity index (χ1n) is 9.18. The molecule has 0 fully saturated rings. The monoisotopic (exact) mass is 441 g/mol. The number of thiophene rings is 1. The Balaban J connectivity index is 1.68. The Hall–Kier alpha value is -3.72. The molecule has 4 aromatic rings. The predicted octanol–water partition coefficient (Wildman–Crippen LogP) is 5.46. The number of benzene rings is 2. The lowest BCUT2D eigenvalue weighted by Crippen LogP contribution is -2.12. The number of alkyl halides is 2. The van der Waals surface area contributed by atoms with E-state index in [1.54, 1.807) is 16.9 Å². The fourth-order valence-corrected chi connectivity index (χ4v) is 3.71. The second-order valence-corrected chi connectivity index (χ2v) is 7.29. The van der Waals surface area contributed by atoms with Gasteiger partial charge in [0.2, 0.25) is 0 Å². The molecule has 2 aromatic carbocycles. The number of hydrogen-bond donors (Lipinski definition) is 1. The smallest absolute Gasteiger partial charge is 0.387 e. The van der Waals surface area contributed by atoms with E-state index in [9.17, 15) is 13.6 Å². The van der Waals surface area contributed by atoms with Gasteiger partial charge < -0.3 is 14.8 Å². The molecule has 0 aliphatic heterocycles. The molecule has 0 unspecified atom stereocenters. The van der Waals surface area contributed by atoms with Gasteiger partial charge in [0.1, 0.15) is 5.69 Å². The molecule has 2 heterocycles. The minimum atomic E-state index is -3.02. The largest absolute Gasteiger partial charge is 0.493 e. The van der Waals surface area contributed by atoms with E-state index in [0.29, 0.717) is 11.3 Å². The summed E-state index contributed by atoms with van der Waals surface area (Å²) < 4.78 is 36.5. The van der Waals surface area contributed by atoms with Crippen LogP contribution >= 0.6 is 11.3 Å². The second-order valence-electron chi connectivity index (χ2n) is 6.35. The summed E-state index contributed by atoms with van der Waals surface area (Å²) in [6.07, 6.45) is 1.64. The van der Waals surface area contributed by atoms with Crippen molar-refractivity contribution in [1.29, 1.82) is 0 Å². The molecule has 0 saturated carbocycles. The van der Waals surface area contributed by atoms with Gasteiger partial charge in [-0.1, -0.05) is 24.3 Å². The first-order valence-corrected chi connectivity index (χ1v) is 10.1. The van der Waals surface area contributed by atoms with Crippen molar-refractivity contribution >= 4 is 22.9 Å². The molecular formula is C22H17F2N3O3S. The number of aromatic nitrogens is 2. The molecule has 0 spiro atoms. The number of amides is 1. The van der Waals surface area contributed by atoms with Crippen LogP contribution in [0.1, 0.15) is 10.4 Å². The van der Waals surface area contributed by atoms with Crippen LogP contribution in [-0.4, -0.2) is 29.4 Å². The topological polar surface area (TPSA) is 65.4 Å². The summed E-state index contributed by atoms with van der Waals surface area (Å²) in [6, 6.07) is 17.4. The van der Waals surface area contributed by atoms with Gasteiger partial charge in [-0.15, -0.1) is 11.3 Å². The molecule has 6 nitrogen and oxygen atoms in total. The molecule has 0 bridgehead atoms. The quantitative estimate of drug-likeness (QED) is 0.413. The highest BCUT2D eigenvalue weighted by Gasteiger charge is 2.20. The Labute approximate surface area is 180 Å². The summed E-state index contributed by atoms with van der Waals surface area (Å²) in [5.74, 6) is -0.470. The van der Waals surface area contributed by atoms with Gasteiger partial charge in [0.25, 0.3) is 5.91 Å². The van der Waals surface area contributed by atoms with E-state index in [2.05, 4.69) is 15.2 Å². The van der Waals surface area contributed by atoms with Crippen LogP contribution in [0.5, 0.6) is 11.5 Å². The maximum Gasteiger partial charge on any atom is 0.387 e. The van der Waals surface area contributed by atoms with E-state index in [1.165, 1.54) is 30.6 Å². The van der Waals surface area contributed by atoms with Gasteiger partial charge in [-0.05, 0) is 35.7 Å². The van der Waals surface area contributed by atoms with Crippen molar-refractivity contribution in [3.8, 4) is 27.8 Å². The van der Waals surface area contributed by atoms with Gasteiger partial charge in [0.05, 0.1) is 23.2 Å². The van der Waals surface area contributed by atoms with Crippen LogP contribution in [0.4, 0.5) is 14.5 Å². The Kier molecular flexibility index (Phi) is 5.94. The summed E-state index contributed by atoms with van der Waals surface area (Å²) in [5, 5.41) is 9.21. The molecular weight excluding hydrogens is 424 g/mol. The lowest BCUT2D eigenvalue weighted by molar-refractivity contribution is -0.0511. The standard InChI is InChI=1S/C22H17F2N3O3S/c1-29-17-10-9-14(12-18(17)30-22(23)24)25-21(28)16-13-27(15-6-3-2-4-7-15)26-20(16)19-8-5-11-31-19/h2-13,22H,1H3,(H,25,28). The molecule has 9 heteroatoms. The van der Waals surface area contributed by atoms with Gasteiger partial charge in [0.15, 0.2) is 11.5 Å². The fourth-order valence-electron chi connectivity index (χ4n) is 2.99. The van der Waals surface area contributed by atoms with Crippen molar-refractivity contribution < 1.29 is 23.0 Å². The third-order valence-electron chi connectivity index (χ3n) is 4.37. The number of anilines is 1. The summed E-state index contributed by atoms with van der Waals surface area (Å²) in [5.41, 5.74) is 1.95. The summed E-state index contributed by atoms with van der Waals surface area (Å²) in [7, 11) is 1.34. The molecule has 0 aliphatic rings. The van der Waals surface area contributed by atoms with Gasteiger partial charge in [-0.25, -0.2) is 4.68 Å². The molecule has 4 rings (SSSR count). The highest BCUT2D eigenvalue weighted by Crippen LogP contribution is 2.33. The van der Waals surface area contributed by atoms with Gasteiger partial charge in [0, 0.05) is 18.0 Å². The zero-order valence-electron chi connectivity index (χ0n) is 16.3. The fraction of sp³-hybridized carbons (Fsp3) is 0.0909. The van der Waals surface area contributed by atoms with Gasteiger partial charge >= 0.3 is 6.61 Å². The molecule has 0 saturated heterocycles. The number of nitrogens with one attached hydrogen (secondary N) is 1. The predicted molar refractivity (Wildman–Crippen MR) is 114 cm³/mol. The van der Waals surface area contributed by atoms with Crippen LogP contribution in [0.2, 0.25) is 0 Å². The van der Waals surface area contributed by atoms with E-state index < -0.39 is 12.5 Å². The number of nitrogens with zero attached hydrogens (tertiary/aromatic N) is 2. The molecule has 31 heavy (non-hydrogen) atoms. The number of halogens is 2. The van der Waals surface area contributed by atoms with Gasteiger partial charge in [-0.2, -0.15) is 13.9 Å². The SMILES string of the molecule is COc1ccc(NC(=O)c2cn(-c3ccccc3)nc2-c2cccs2)cc1OC(F)F. The van der Waals surface area contributed by atoms with Gasteiger partial charge in [-0.3, -0.25) is 4.79 Å². The average Bonchev–Trinajstić information content (AvgIpc) is 3.44. The number of carbonyl (C=O) groups is 1. The molecule has 1 N–H and O–H groups in total. The third kappa shape index (κ3) is 4.56. The first kappa shape index (κ1) is 20.5.